The Bertz CT molecular complexity index is 641. The largest absolute Gasteiger partial charge is 0.352 e. The first-order valence-electron chi connectivity index (χ1n) is 7.90. The molecule has 22 heavy (non-hydrogen) atoms. The van der Waals surface area contributed by atoms with Crippen LogP contribution in [0.2, 0.25) is 0 Å². The molecular weight excluding hydrogens is 296 g/mol. The van der Waals surface area contributed by atoms with Crippen LogP contribution in [0.25, 0.3) is 10.2 Å². The minimum atomic E-state index is 0.177. The van der Waals surface area contributed by atoms with Crippen molar-refractivity contribution in [1.29, 1.82) is 0 Å². The highest BCUT2D eigenvalue weighted by Gasteiger charge is 2.25. The van der Waals surface area contributed by atoms with E-state index in [1.807, 2.05) is 6.07 Å². The average molecular weight is 316 g/mol. The number of hydrogen-bond acceptors (Lipinski definition) is 5. The molecule has 2 heterocycles. The van der Waals surface area contributed by atoms with Gasteiger partial charge in [-0.15, -0.1) is 0 Å². The second-order valence-corrected chi connectivity index (χ2v) is 7.08. The maximum Gasteiger partial charge on any atom is 0.234 e. The van der Waals surface area contributed by atoms with Crippen molar-refractivity contribution in [1.82, 2.24) is 15.2 Å². The van der Waals surface area contributed by atoms with Gasteiger partial charge in [-0.3, -0.25) is 9.69 Å². The second kappa shape index (κ2) is 5.85. The van der Waals surface area contributed by atoms with E-state index in [1.54, 1.807) is 11.3 Å². The Kier molecular flexibility index (Phi) is 3.72. The van der Waals surface area contributed by atoms with Crippen LogP contribution in [0.3, 0.4) is 0 Å². The van der Waals surface area contributed by atoms with Crippen LogP contribution < -0.4 is 10.2 Å². The number of rotatable bonds is 4. The first-order chi connectivity index (χ1) is 10.8. The van der Waals surface area contributed by atoms with Crippen molar-refractivity contribution in [2.24, 2.45) is 0 Å². The summed E-state index contributed by atoms with van der Waals surface area (Å²) in [6, 6.07) is 8.72. The Balaban J connectivity index is 1.33. The normalized spacial score (nSPS) is 19.5. The molecule has 1 aromatic heterocycles. The summed E-state index contributed by atoms with van der Waals surface area (Å²) < 4.78 is 1.24. The molecule has 116 valence electrons. The summed E-state index contributed by atoms with van der Waals surface area (Å²) >= 11 is 1.75. The first kappa shape index (κ1) is 14.0. The number of aromatic nitrogens is 1. The molecule has 6 heteroatoms. The van der Waals surface area contributed by atoms with Crippen LogP contribution in [0.1, 0.15) is 12.8 Å². The molecule has 1 aromatic carbocycles. The number of thiazole rings is 1. The van der Waals surface area contributed by atoms with Gasteiger partial charge in [-0.2, -0.15) is 0 Å². The predicted molar refractivity (Wildman–Crippen MR) is 89.4 cm³/mol. The van der Waals surface area contributed by atoms with Gasteiger partial charge in [-0.05, 0) is 25.0 Å². The van der Waals surface area contributed by atoms with E-state index in [4.69, 9.17) is 4.98 Å². The summed E-state index contributed by atoms with van der Waals surface area (Å²) in [6.07, 6.45) is 2.30. The fraction of sp³-hybridized carbons (Fsp3) is 0.500. The molecule has 1 saturated heterocycles. The Morgan fingerprint density at radius 1 is 1.23 bits per heavy atom. The number of piperazine rings is 1. The maximum atomic E-state index is 11.9. The molecule has 5 nitrogen and oxygen atoms in total. The lowest BCUT2D eigenvalue weighted by Gasteiger charge is -2.34. The number of carbonyl (C=O) groups excluding carboxylic acids is 1. The third kappa shape index (κ3) is 3.08. The van der Waals surface area contributed by atoms with E-state index in [2.05, 4.69) is 33.3 Å². The van der Waals surface area contributed by atoms with Gasteiger partial charge in [0, 0.05) is 32.2 Å². The molecule has 2 aromatic rings. The molecule has 0 radical (unpaired) electrons. The van der Waals surface area contributed by atoms with Gasteiger partial charge in [0.15, 0.2) is 5.13 Å². The Labute approximate surface area is 133 Å². The van der Waals surface area contributed by atoms with E-state index in [-0.39, 0.29) is 5.91 Å². The SMILES string of the molecule is O=C(CN1CCN(c2nc3ccccc3s2)CC1)NC1CC1. The molecule has 0 spiro atoms. The van der Waals surface area contributed by atoms with Crippen LogP contribution >= 0.6 is 11.3 Å². The van der Waals surface area contributed by atoms with Gasteiger partial charge < -0.3 is 10.2 Å². The highest BCUT2D eigenvalue weighted by Crippen LogP contribution is 2.29. The van der Waals surface area contributed by atoms with Crippen molar-refractivity contribution >= 4 is 32.6 Å². The lowest BCUT2D eigenvalue weighted by atomic mass is 10.3. The zero-order valence-electron chi connectivity index (χ0n) is 12.5. The lowest BCUT2D eigenvalue weighted by molar-refractivity contribution is -0.122. The van der Waals surface area contributed by atoms with Gasteiger partial charge >= 0.3 is 0 Å². The molecule has 1 amide bonds. The van der Waals surface area contributed by atoms with Crippen LogP contribution in [-0.2, 0) is 4.79 Å². The third-order valence-corrected chi connectivity index (χ3v) is 5.33. The van der Waals surface area contributed by atoms with E-state index in [1.165, 1.54) is 4.70 Å². The average Bonchev–Trinajstić information content (AvgIpc) is 3.23. The zero-order chi connectivity index (χ0) is 14.9. The van der Waals surface area contributed by atoms with Crippen LogP contribution in [0.4, 0.5) is 5.13 Å². The molecule has 1 N–H and O–H groups in total. The number of nitrogens with zero attached hydrogens (tertiary/aromatic N) is 3. The zero-order valence-corrected chi connectivity index (χ0v) is 13.3. The molecule has 1 aliphatic carbocycles. The van der Waals surface area contributed by atoms with Gasteiger partial charge in [0.2, 0.25) is 5.91 Å². The number of para-hydroxylation sites is 1. The molecule has 4 rings (SSSR count). The molecule has 0 unspecified atom stereocenters. The van der Waals surface area contributed by atoms with Crippen molar-refractivity contribution in [3.8, 4) is 0 Å². The summed E-state index contributed by atoms with van der Waals surface area (Å²) in [5, 5.41) is 4.16. The molecule has 1 aliphatic heterocycles. The van der Waals surface area contributed by atoms with Crippen molar-refractivity contribution < 1.29 is 4.79 Å². The van der Waals surface area contributed by atoms with Gasteiger partial charge in [0.25, 0.3) is 0 Å². The Morgan fingerprint density at radius 2 is 2.00 bits per heavy atom. The Hall–Kier alpha value is -1.66. The van der Waals surface area contributed by atoms with E-state index in [9.17, 15) is 4.79 Å². The van der Waals surface area contributed by atoms with Gasteiger partial charge in [-0.25, -0.2) is 4.98 Å². The predicted octanol–water partition coefficient (Wildman–Crippen LogP) is 1.70. The van der Waals surface area contributed by atoms with Crippen molar-refractivity contribution in [3.05, 3.63) is 24.3 Å². The Morgan fingerprint density at radius 3 is 2.73 bits per heavy atom. The van der Waals surface area contributed by atoms with E-state index in [0.717, 1.165) is 49.7 Å². The highest BCUT2D eigenvalue weighted by atomic mass is 32.1. The minimum Gasteiger partial charge on any atom is -0.352 e. The number of carbonyl (C=O) groups is 1. The van der Waals surface area contributed by atoms with Crippen molar-refractivity contribution in [2.45, 2.75) is 18.9 Å². The van der Waals surface area contributed by atoms with Crippen LogP contribution in [-0.4, -0.2) is 54.6 Å². The van der Waals surface area contributed by atoms with E-state index < -0.39 is 0 Å². The number of fused-ring (bicyclic) bond motifs is 1. The number of hydrogen-bond donors (Lipinski definition) is 1. The molecular formula is C16H20N4OS. The molecule has 0 atom stereocenters. The van der Waals surface area contributed by atoms with E-state index in [0.29, 0.717) is 12.6 Å². The number of benzene rings is 1. The summed E-state index contributed by atoms with van der Waals surface area (Å²) in [6.45, 7) is 4.26. The number of amides is 1. The minimum absolute atomic E-state index is 0.177. The first-order valence-corrected chi connectivity index (χ1v) is 8.72. The monoisotopic (exact) mass is 316 g/mol. The lowest BCUT2D eigenvalue weighted by Crippen LogP contribution is -2.49. The molecule has 0 bridgehead atoms. The van der Waals surface area contributed by atoms with Gasteiger partial charge in [0.05, 0.1) is 16.8 Å². The molecule has 2 fully saturated rings. The summed E-state index contributed by atoms with van der Waals surface area (Å²) in [4.78, 5) is 21.1. The van der Waals surface area contributed by atoms with Crippen LogP contribution in [0.15, 0.2) is 24.3 Å². The van der Waals surface area contributed by atoms with E-state index >= 15 is 0 Å². The summed E-state index contributed by atoms with van der Waals surface area (Å²) in [7, 11) is 0. The standard InChI is InChI=1S/C16H20N4OS/c21-15(17-12-5-6-12)11-19-7-9-20(10-8-19)16-18-13-3-1-2-4-14(13)22-16/h1-4,12H,5-11H2,(H,17,21). The molecule has 1 saturated carbocycles. The second-order valence-electron chi connectivity index (χ2n) is 6.07. The van der Waals surface area contributed by atoms with Crippen molar-refractivity contribution in [2.75, 3.05) is 37.6 Å². The smallest absolute Gasteiger partial charge is 0.234 e. The topological polar surface area (TPSA) is 48.5 Å². The number of nitrogens with one attached hydrogen (secondary N) is 1. The molecule has 2 aliphatic rings. The summed E-state index contributed by atoms with van der Waals surface area (Å²) in [5.41, 5.74) is 1.08. The van der Waals surface area contributed by atoms with Crippen LogP contribution in [0.5, 0.6) is 0 Å². The van der Waals surface area contributed by atoms with Crippen molar-refractivity contribution in [3.63, 3.8) is 0 Å². The van der Waals surface area contributed by atoms with Crippen LogP contribution in [0, 0.1) is 0 Å². The third-order valence-electron chi connectivity index (χ3n) is 4.24. The maximum absolute atomic E-state index is 11.9. The van der Waals surface area contributed by atoms with Gasteiger partial charge in [-0.1, -0.05) is 23.5 Å². The fourth-order valence-electron chi connectivity index (χ4n) is 2.80. The highest BCUT2D eigenvalue weighted by molar-refractivity contribution is 7.22. The number of anilines is 1. The van der Waals surface area contributed by atoms with Gasteiger partial charge in [0.1, 0.15) is 0 Å². The fourth-order valence-corrected chi connectivity index (χ4v) is 3.81. The quantitative estimate of drug-likeness (QED) is 0.933. The summed E-state index contributed by atoms with van der Waals surface area (Å²) in [5.74, 6) is 0.177.